The van der Waals surface area contributed by atoms with Crippen molar-refractivity contribution in [3.05, 3.63) is 70.8 Å². The Bertz CT molecular complexity index is 998. The van der Waals surface area contributed by atoms with Crippen LogP contribution in [-0.4, -0.2) is 45.1 Å². The van der Waals surface area contributed by atoms with Crippen LogP contribution in [0.25, 0.3) is 0 Å². The first-order valence-corrected chi connectivity index (χ1v) is 11.6. The van der Waals surface area contributed by atoms with E-state index in [1.807, 2.05) is 18.2 Å². The lowest BCUT2D eigenvalue weighted by Gasteiger charge is -2.33. The van der Waals surface area contributed by atoms with Gasteiger partial charge in [0.1, 0.15) is 0 Å². The molecule has 0 aromatic heterocycles. The lowest BCUT2D eigenvalue weighted by Crippen LogP contribution is -2.36. The molecule has 0 heterocycles. The number of benzene rings is 2. The molecule has 0 saturated carbocycles. The van der Waals surface area contributed by atoms with E-state index < -0.39 is 15.8 Å². The van der Waals surface area contributed by atoms with Gasteiger partial charge in [0.15, 0.2) is 16.4 Å². The Balaban J connectivity index is 1.58. The summed E-state index contributed by atoms with van der Waals surface area (Å²) in [6.07, 6.45) is 4.06. The van der Waals surface area contributed by atoms with Gasteiger partial charge in [0.05, 0.1) is 17.4 Å². The highest BCUT2D eigenvalue weighted by atomic mass is 32.2. The number of hydrogen-bond donors (Lipinski definition) is 0. The van der Waals surface area contributed by atoms with Crippen LogP contribution in [0.2, 0.25) is 0 Å². The number of carbonyl (C=O) groups excluding carboxylic acids is 2. The van der Waals surface area contributed by atoms with Crippen molar-refractivity contribution in [3.63, 3.8) is 0 Å². The number of fused-ring (bicyclic) bond motifs is 1. The molecule has 1 aliphatic carbocycles. The predicted octanol–water partition coefficient (Wildman–Crippen LogP) is 2.92. The highest BCUT2D eigenvalue weighted by molar-refractivity contribution is 7.89. The Kier molecular flexibility index (Phi) is 6.37. The van der Waals surface area contributed by atoms with Gasteiger partial charge in [-0.25, -0.2) is 13.2 Å². The Morgan fingerprint density at radius 1 is 1.10 bits per heavy atom. The summed E-state index contributed by atoms with van der Waals surface area (Å²) >= 11 is 0. The number of hydrogen-bond acceptors (Lipinski definition) is 5. The fraction of sp³-hybridized carbons (Fsp3) is 0.364. The van der Waals surface area contributed by atoms with Crippen LogP contribution in [-0.2, 0) is 31.5 Å². The first kappa shape index (κ1) is 21.0. The minimum Gasteiger partial charge on any atom is -0.452 e. The van der Waals surface area contributed by atoms with Crippen molar-refractivity contribution in [3.8, 4) is 0 Å². The van der Waals surface area contributed by atoms with Crippen LogP contribution in [0.4, 0.5) is 0 Å². The molecule has 1 aliphatic rings. The number of rotatable bonds is 6. The third kappa shape index (κ3) is 5.44. The number of ether oxygens (including phenoxy) is 1. The lowest BCUT2D eigenvalue weighted by atomic mass is 9.87. The van der Waals surface area contributed by atoms with E-state index in [2.05, 4.69) is 6.07 Å². The van der Waals surface area contributed by atoms with Crippen molar-refractivity contribution < 1.29 is 22.7 Å². The van der Waals surface area contributed by atoms with E-state index in [0.29, 0.717) is 5.56 Å². The zero-order chi connectivity index (χ0) is 21.0. The van der Waals surface area contributed by atoms with Gasteiger partial charge in [-0.05, 0) is 48.1 Å². The molecule has 0 fully saturated rings. The standard InChI is InChI=1S/C22H25NO5S/c1-23(20-9-5-7-17-6-3-4-8-19(17)20)21(24)14-28-22(25)18-12-10-16(11-13-18)15-29(2,26)27/h3-4,6,8,10-13,20H,5,7,9,14-15H2,1-2H3/t20-/m0/s1. The maximum atomic E-state index is 12.6. The summed E-state index contributed by atoms with van der Waals surface area (Å²) in [5.41, 5.74) is 3.29. The Labute approximate surface area is 171 Å². The molecule has 0 spiro atoms. The lowest BCUT2D eigenvalue weighted by molar-refractivity contribution is -0.135. The molecule has 0 bridgehead atoms. The van der Waals surface area contributed by atoms with Crippen molar-refractivity contribution >= 4 is 21.7 Å². The van der Waals surface area contributed by atoms with Crippen LogP contribution in [0.5, 0.6) is 0 Å². The van der Waals surface area contributed by atoms with Crippen molar-refractivity contribution in [2.75, 3.05) is 19.9 Å². The third-order valence-corrected chi connectivity index (χ3v) is 6.00. The van der Waals surface area contributed by atoms with Gasteiger partial charge in [-0.1, -0.05) is 36.4 Å². The molecule has 0 aliphatic heterocycles. The van der Waals surface area contributed by atoms with Gasteiger partial charge in [-0.3, -0.25) is 4.79 Å². The Morgan fingerprint density at radius 3 is 2.48 bits per heavy atom. The quantitative estimate of drug-likeness (QED) is 0.678. The smallest absolute Gasteiger partial charge is 0.338 e. The summed E-state index contributed by atoms with van der Waals surface area (Å²) < 4.78 is 27.9. The molecule has 29 heavy (non-hydrogen) atoms. The van der Waals surface area contributed by atoms with E-state index in [9.17, 15) is 18.0 Å². The monoisotopic (exact) mass is 415 g/mol. The van der Waals surface area contributed by atoms with E-state index in [4.69, 9.17) is 4.74 Å². The third-order valence-electron chi connectivity index (χ3n) is 5.14. The number of aryl methyl sites for hydroxylation is 1. The second-order valence-corrected chi connectivity index (χ2v) is 9.59. The highest BCUT2D eigenvalue weighted by Gasteiger charge is 2.27. The van der Waals surface area contributed by atoms with E-state index in [-0.39, 0.29) is 29.9 Å². The maximum Gasteiger partial charge on any atom is 0.338 e. The number of nitrogens with zero attached hydrogens (tertiary/aromatic N) is 1. The van der Waals surface area contributed by atoms with Gasteiger partial charge >= 0.3 is 5.97 Å². The SMILES string of the molecule is CN(C(=O)COC(=O)c1ccc(CS(C)(=O)=O)cc1)[C@H]1CCCc2ccccc21. The molecule has 2 aromatic rings. The summed E-state index contributed by atoms with van der Waals surface area (Å²) in [5, 5.41) is 0. The summed E-state index contributed by atoms with van der Waals surface area (Å²) in [5.74, 6) is -0.954. The average molecular weight is 416 g/mol. The van der Waals surface area contributed by atoms with Gasteiger partial charge in [0.2, 0.25) is 0 Å². The molecule has 0 unspecified atom stereocenters. The van der Waals surface area contributed by atoms with Gasteiger partial charge in [0.25, 0.3) is 5.91 Å². The minimum absolute atomic E-state index is 0.0126. The molecule has 6 nitrogen and oxygen atoms in total. The van der Waals surface area contributed by atoms with Gasteiger partial charge < -0.3 is 9.64 Å². The van der Waals surface area contributed by atoms with Crippen LogP contribution >= 0.6 is 0 Å². The van der Waals surface area contributed by atoms with Crippen LogP contribution in [0.15, 0.2) is 48.5 Å². The summed E-state index contributed by atoms with van der Waals surface area (Å²) in [4.78, 5) is 26.5. The Morgan fingerprint density at radius 2 is 1.79 bits per heavy atom. The number of sulfone groups is 1. The molecular formula is C22H25NO5S. The first-order valence-electron chi connectivity index (χ1n) is 9.52. The van der Waals surface area contributed by atoms with Crippen molar-refractivity contribution in [1.82, 2.24) is 4.90 Å². The van der Waals surface area contributed by atoms with Crippen LogP contribution < -0.4 is 0 Å². The molecule has 1 amide bonds. The zero-order valence-electron chi connectivity index (χ0n) is 16.6. The molecule has 0 saturated heterocycles. The topological polar surface area (TPSA) is 80.8 Å². The van der Waals surface area contributed by atoms with E-state index in [0.717, 1.165) is 31.1 Å². The average Bonchev–Trinajstić information content (AvgIpc) is 2.70. The molecule has 7 heteroatoms. The fourth-order valence-electron chi connectivity index (χ4n) is 3.66. The van der Waals surface area contributed by atoms with Gasteiger partial charge in [-0.15, -0.1) is 0 Å². The first-order chi connectivity index (χ1) is 13.7. The largest absolute Gasteiger partial charge is 0.452 e. The van der Waals surface area contributed by atoms with Crippen molar-refractivity contribution in [2.24, 2.45) is 0 Å². The molecule has 0 N–H and O–H groups in total. The van der Waals surface area contributed by atoms with E-state index >= 15 is 0 Å². The van der Waals surface area contributed by atoms with E-state index in [1.54, 1.807) is 24.1 Å². The second kappa shape index (κ2) is 8.78. The van der Waals surface area contributed by atoms with Crippen LogP contribution in [0.3, 0.4) is 0 Å². The molecular weight excluding hydrogens is 390 g/mol. The Hall–Kier alpha value is -2.67. The number of carbonyl (C=O) groups is 2. The fourth-order valence-corrected chi connectivity index (χ4v) is 4.45. The molecule has 154 valence electrons. The van der Waals surface area contributed by atoms with E-state index in [1.165, 1.54) is 17.7 Å². The van der Waals surface area contributed by atoms with Crippen molar-refractivity contribution in [2.45, 2.75) is 31.1 Å². The van der Waals surface area contributed by atoms with Crippen LogP contribution in [0.1, 0.15) is 45.9 Å². The minimum atomic E-state index is -3.14. The number of amides is 1. The van der Waals surface area contributed by atoms with Crippen LogP contribution in [0, 0.1) is 0 Å². The predicted molar refractivity (Wildman–Crippen MR) is 110 cm³/mol. The summed E-state index contributed by atoms with van der Waals surface area (Å²) in [7, 11) is -1.40. The van der Waals surface area contributed by atoms with Gasteiger partial charge in [0, 0.05) is 13.3 Å². The van der Waals surface area contributed by atoms with Crippen molar-refractivity contribution in [1.29, 1.82) is 0 Å². The summed E-state index contributed by atoms with van der Waals surface area (Å²) in [6.45, 7) is -0.334. The highest BCUT2D eigenvalue weighted by Crippen LogP contribution is 2.33. The maximum absolute atomic E-state index is 12.6. The normalized spacial score (nSPS) is 16.0. The molecule has 2 aromatic carbocycles. The summed E-state index contributed by atoms with van der Waals surface area (Å²) in [6, 6.07) is 14.3. The van der Waals surface area contributed by atoms with Gasteiger partial charge in [-0.2, -0.15) is 0 Å². The number of esters is 1. The molecule has 0 radical (unpaired) electrons. The zero-order valence-corrected chi connectivity index (χ0v) is 17.4. The molecule has 1 atom stereocenters. The number of likely N-dealkylation sites (N-methyl/N-ethyl adjacent to an activating group) is 1. The molecule has 3 rings (SSSR count). The second-order valence-electron chi connectivity index (χ2n) is 7.45.